The van der Waals surface area contributed by atoms with Crippen LogP contribution in [0.5, 0.6) is 0 Å². The topological polar surface area (TPSA) is 106 Å². The van der Waals surface area contributed by atoms with Crippen LogP contribution >= 0.6 is 0 Å². The summed E-state index contributed by atoms with van der Waals surface area (Å²) in [6.45, 7) is 0.375. The van der Waals surface area contributed by atoms with Crippen LogP contribution in [-0.2, 0) is 10.3 Å². The van der Waals surface area contributed by atoms with Crippen molar-refractivity contribution in [2.45, 2.75) is 11.5 Å². The van der Waals surface area contributed by atoms with E-state index in [0.717, 1.165) is 5.56 Å². The van der Waals surface area contributed by atoms with E-state index in [4.69, 9.17) is 4.42 Å². The number of fused-ring (bicyclic) bond motifs is 2. The van der Waals surface area contributed by atoms with Gasteiger partial charge in [0.1, 0.15) is 5.54 Å². The molecule has 0 radical (unpaired) electrons. The summed E-state index contributed by atoms with van der Waals surface area (Å²) >= 11 is 0. The van der Waals surface area contributed by atoms with Gasteiger partial charge in [0, 0.05) is 35.8 Å². The van der Waals surface area contributed by atoms with E-state index in [1.54, 1.807) is 31.3 Å². The Hall–Kier alpha value is -3.78. The second-order valence-electron chi connectivity index (χ2n) is 7.92. The van der Waals surface area contributed by atoms with Crippen molar-refractivity contribution in [2.75, 3.05) is 18.9 Å². The van der Waals surface area contributed by atoms with Crippen molar-refractivity contribution in [2.24, 2.45) is 5.92 Å². The average Bonchev–Trinajstić information content (AvgIpc) is 3.47. The maximum Gasteiger partial charge on any atom is 0.269 e. The Morgan fingerprint density at radius 1 is 1.19 bits per heavy atom. The highest BCUT2D eigenvalue weighted by molar-refractivity contribution is 6.11. The lowest BCUT2D eigenvalue weighted by molar-refractivity contribution is -0.384. The molecule has 0 aliphatic carbocycles. The predicted octanol–water partition coefficient (Wildman–Crippen LogP) is 3.56. The van der Waals surface area contributed by atoms with Crippen LogP contribution in [0.1, 0.15) is 27.6 Å². The summed E-state index contributed by atoms with van der Waals surface area (Å²) < 4.78 is 5.41. The quantitative estimate of drug-likeness (QED) is 0.395. The minimum Gasteiger partial charge on any atom is -0.461 e. The molecule has 31 heavy (non-hydrogen) atoms. The summed E-state index contributed by atoms with van der Waals surface area (Å²) in [5, 5.41) is 14.3. The predicted molar refractivity (Wildman–Crippen MR) is 112 cm³/mol. The first-order chi connectivity index (χ1) is 14.9. The Morgan fingerprint density at radius 2 is 2.00 bits per heavy atom. The molecule has 3 aromatic rings. The zero-order chi connectivity index (χ0) is 21.8. The number of Topliss-reactive ketones (excluding diaryl/α,β-unsaturated/α-hetero) is 1. The first-order valence-electron chi connectivity index (χ1n) is 9.89. The zero-order valence-corrected chi connectivity index (χ0v) is 16.6. The van der Waals surface area contributed by atoms with Crippen molar-refractivity contribution in [1.29, 1.82) is 0 Å². The van der Waals surface area contributed by atoms with Crippen molar-refractivity contribution in [3.05, 3.63) is 93.9 Å². The number of carbonyl (C=O) groups excluding carboxylic acids is 2. The van der Waals surface area contributed by atoms with Crippen LogP contribution in [0, 0.1) is 16.0 Å². The maximum absolute atomic E-state index is 13.7. The number of nitrogens with one attached hydrogen (secondary N) is 1. The second kappa shape index (κ2) is 6.88. The van der Waals surface area contributed by atoms with Crippen LogP contribution in [0.2, 0.25) is 0 Å². The molecule has 1 N–H and O–H groups in total. The minimum absolute atomic E-state index is 0.0541. The maximum atomic E-state index is 13.7. The van der Waals surface area contributed by atoms with Crippen molar-refractivity contribution >= 4 is 23.1 Å². The van der Waals surface area contributed by atoms with Crippen LogP contribution in [0.25, 0.3) is 0 Å². The number of rotatable bonds is 4. The molecule has 2 aliphatic rings. The third-order valence-electron chi connectivity index (χ3n) is 6.41. The number of nitro benzene ring substituents is 1. The monoisotopic (exact) mass is 417 g/mol. The fourth-order valence-electron chi connectivity index (χ4n) is 5.14. The number of ketones is 1. The van der Waals surface area contributed by atoms with Crippen LogP contribution < -0.4 is 5.32 Å². The van der Waals surface area contributed by atoms with Crippen LogP contribution in [0.3, 0.4) is 0 Å². The van der Waals surface area contributed by atoms with E-state index in [1.807, 2.05) is 29.2 Å². The van der Waals surface area contributed by atoms with Gasteiger partial charge in [-0.1, -0.05) is 30.3 Å². The van der Waals surface area contributed by atoms with E-state index in [9.17, 15) is 19.7 Å². The lowest BCUT2D eigenvalue weighted by Crippen LogP contribution is -2.51. The van der Waals surface area contributed by atoms with E-state index in [1.165, 1.54) is 18.4 Å². The average molecular weight is 417 g/mol. The number of likely N-dealkylation sites (N-methyl/N-ethyl adjacent to an activating group) is 1. The number of anilines is 1. The van der Waals surface area contributed by atoms with Gasteiger partial charge in [0.05, 0.1) is 17.1 Å². The summed E-state index contributed by atoms with van der Waals surface area (Å²) in [5.74, 6) is -1.70. The highest BCUT2D eigenvalue weighted by Crippen LogP contribution is 2.55. The summed E-state index contributed by atoms with van der Waals surface area (Å²) in [7, 11) is 1.81. The Bertz CT molecular complexity index is 1210. The number of nitro groups is 1. The molecule has 0 unspecified atom stereocenters. The van der Waals surface area contributed by atoms with Gasteiger partial charge in [-0.2, -0.15) is 0 Å². The molecule has 3 atom stereocenters. The molecular formula is C23H19N3O5. The van der Waals surface area contributed by atoms with E-state index in [-0.39, 0.29) is 23.1 Å². The van der Waals surface area contributed by atoms with Gasteiger partial charge in [-0.15, -0.1) is 0 Å². The Kier molecular flexibility index (Phi) is 4.26. The van der Waals surface area contributed by atoms with E-state index in [0.29, 0.717) is 17.8 Å². The molecule has 0 bridgehead atoms. The number of para-hydroxylation sites is 1. The van der Waals surface area contributed by atoms with Crippen LogP contribution in [-0.4, -0.2) is 35.1 Å². The number of hydrogen-bond donors (Lipinski definition) is 1. The third-order valence-corrected chi connectivity index (χ3v) is 6.41. The number of non-ortho nitro benzene ring substituents is 1. The van der Waals surface area contributed by atoms with Gasteiger partial charge in [-0.05, 0) is 30.8 Å². The number of carbonyl (C=O) groups is 2. The Labute approximate surface area is 177 Å². The van der Waals surface area contributed by atoms with Gasteiger partial charge in [-0.25, -0.2) is 0 Å². The molecule has 5 rings (SSSR count). The lowest BCUT2D eigenvalue weighted by Gasteiger charge is -2.35. The van der Waals surface area contributed by atoms with Crippen molar-refractivity contribution < 1.29 is 18.9 Å². The standard InChI is InChI=1S/C23H19N3O5/c1-25-13-16(14-6-4-7-15(12-14)26(29)30)20(21(27)19-10-5-11-31-19)23(25)17-8-2-3-9-18(17)24-22(23)28/h2-12,16,20H,13H2,1H3,(H,24,28)/t16-,20-,23+/m1/s1. The Morgan fingerprint density at radius 3 is 2.74 bits per heavy atom. The zero-order valence-electron chi connectivity index (χ0n) is 16.6. The molecule has 1 aromatic heterocycles. The summed E-state index contributed by atoms with van der Waals surface area (Å²) in [6.07, 6.45) is 1.42. The molecule has 1 amide bonds. The van der Waals surface area contributed by atoms with E-state index >= 15 is 0 Å². The smallest absolute Gasteiger partial charge is 0.269 e. The van der Waals surface area contributed by atoms with Gasteiger partial charge in [0.25, 0.3) is 5.69 Å². The number of furan rings is 1. The van der Waals surface area contributed by atoms with E-state index in [2.05, 4.69) is 5.32 Å². The van der Waals surface area contributed by atoms with Crippen LogP contribution in [0.15, 0.2) is 71.3 Å². The molecule has 2 aromatic carbocycles. The van der Waals surface area contributed by atoms with Gasteiger partial charge in [0.2, 0.25) is 11.7 Å². The highest BCUT2D eigenvalue weighted by Gasteiger charge is 2.64. The molecule has 1 saturated heterocycles. The van der Waals surface area contributed by atoms with Gasteiger partial charge in [-0.3, -0.25) is 24.6 Å². The summed E-state index contributed by atoms with van der Waals surface area (Å²) in [5.41, 5.74) is 0.730. The number of likely N-dealkylation sites (tertiary alicyclic amines) is 1. The third kappa shape index (κ3) is 2.65. The molecule has 1 spiro atoms. The molecule has 156 valence electrons. The largest absolute Gasteiger partial charge is 0.461 e. The summed E-state index contributed by atoms with van der Waals surface area (Å²) in [6, 6.07) is 16.8. The number of benzene rings is 2. The molecule has 8 heteroatoms. The molecule has 0 saturated carbocycles. The first kappa shape index (κ1) is 19.2. The highest BCUT2D eigenvalue weighted by atomic mass is 16.6. The molecular weight excluding hydrogens is 398 g/mol. The number of hydrogen-bond acceptors (Lipinski definition) is 6. The van der Waals surface area contributed by atoms with Gasteiger partial charge >= 0.3 is 0 Å². The fraction of sp³-hybridized carbons (Fsp3) is 0.217. The van der Waals surface area contributed by atoms with Crippen molar-refractivity contribution in [3.63, 3.8) is 0 Å². The summed E-state index contributed by atoms with van der Waals surface area (Å²) in [4.78, 5) is 40.0. The van der Waals surface area contributed by atoms with Crippen LogP contribution in [0.4, 0.5) is 11.4 Å². The van der Waals surface area contributed by atoms with Gasteiger partial charge < -0.3 is 9.73 Å². The normalized spacial score (nSPS) is 24.9. The van der Waals surface area contributed by atoms with Crippen molar-refractivity contribution in [3.8, 4) is 0 Å². The number of nitrogens with zero attached hydrogens (tertiary/aromatic N) is 2. The van der Waals surface area contributed by atoms with Crippen molar-refractivity contribution in [1.82, 2.24) is 4.90 Å². The SMILES string of the molecule is CN1C[C@H](c2cccc([N+](=O)[O-])c2)[C@H](C(=O)c2ccco2)[C@@]12C(=O)Nc1ccccc12. The second-order valence-corrected chi connectivity index (χ2v) is 7.92. The fourth-order valence-corrected chi connectivity index (χ4v) is 5.14. The lowest BCUT2D eigenvalue weighted by atomic mass is 9.71. The molecule has 1 fully saturated rings. The first-order valence-corrected chi connectivity index (χ1v) is 9.89. The van der Waals surface area contributed by atoms with Gasteiger partial charge in [0.15, 0.2) is 5.76 Å². The Balaban J connectivity index is 1.72. The number of amides is 1. The molecule has 2 aliphatic heterocycles. The minimum atomic E-state index is -1.24. The van der Waals surface area contributed by atoms with E-state index < -0.39 is 22.3 Å². The molecule has 3 heterocycles. The molecule has 8 nitrogen and oxygen atoms in total.